The van der Waals surface area contributed by atoms with Gasteiger partial charge in [0.1, 0.15) is 6.61 Å². The number of allylic oxidation sites excluding steroid dienone is 12. The second-order valence-electron chi connectivity index (χ2n) is 12.3. The summed E-state index contributed by atoms with van der Waals surface area (Å²) in [6.07, 6.45) is 49.7. The number of carbonyl (C=O) groups excluding carboxylic acids is 2. The Morgan fingerprint density at radius 1 is 0.511 bits per heavy atom. The summed E-state index contributed by atoms with van der Waals surface area (Å²) in [4.78, 5) is 24.2. The highest BCUT2D eigenvalue weighted by atomic mass is 16.6. The summed E-state index contributed by atoms with van der Waals surface area (Å²) in [5.74, 6) is -0.692. The van der Waals surface area contributed by atoms with Crippen LogP contribution in [0.2, 0.25) is 0 Å². The van der Waals surface area contributed by atoms with Gasteiger partial charge in [-0.1, -0.05) is 170 Å². The smallest absolute Gasteiger partial charge is 0.306 e. The van der Waals surface area contributed by atoms with Gasteiger partial charge in [0.2, 0.25) is 0 Å². The number of ether oxygens (including phenoxy) is 2. The predicted octanol–water partition coefficient (Wildman–Crippen LogP) is 11.8. The number of esters is 2. The van der Waals surface area contributed by atoms with E-state index in [0.717, 1.165) is 57.8 Å². The number of unbranched alkanes of at least 4 members (excludes halogenated alkanes) is 13. The molecule has 0 heterocycles. The van der Waals surface area contributed by atoms with Crippen LogP contribution in [0.25, 0.3) is 0 Å². The highest BCUT2D eigenvalue weighted by molar-refractivity contribution is 5.70. The molecule has 0 aliphatic carbocycles. The Hall–Kier alpha value is -2.66. The van der Waals surface area contributed by atoms with Gasteiger partial charge >= 0.3 is 11.9 Å². The third kappa shape index (κ3) is 36.0. The Morgan fingerprint density at radius 2 is 0.915 bits per heavy atom. The van der Waals surface area contributed by atoms with Gasteiger partial charge in [-0.25, -0.2) is 0 Å². The average Bonchev–Trinajstić information content (AvgIpc) is 3.07. The van der Waals surface area contributed by atoms with E-state index in [1.54, 1.807) is 0 Å². The highest BCUT2D eigenvalue weighted by Crippen LogP contribution is 2.13. The van der Waals surface area contributed by atoms with Crippen molar-refractivity contribution < 1.29 is 24.2 Å². The third-order valence-electron chi connectivity index (χ3n) is 7.78. The Labute approximate surface area is 289 Å². The topological polar surface area (TPSA) is 72.8 Å². The molecule has 0 saturated carbocycles. The van der Waals surface area contributed by atoms with Gasteiger partial charge in [-0.05, 0) is 51.4 Å². The Morgan fingerprint density at radius 3 is 1.34 bits per heavy atom. The molecule has 5 heteroatoms. The molecular weight excluding hydrogens is 584 g/mol. The van der Waals surface area contributed by atoms with Gasteiger partial charge in [0.25, 0.3) is 0 Å². The average molecular weight is 655 g/mol. The zero-order valence-electron chi connectivity index (χ0n) is 30.3. The van der Waals surface area contributed by atoms with Crippen LogP contribution in [0.15, 0.2) is 72.9 Å². The van der Waals surface area contributed by atoms with Crippen LogP contribution in [-0.4, -0.2) is 36.4 Å². The van der Waals surface area contributed by atoms with Crippen LogP contribution in [0.1, 0.15) is 162 Å². The number of aliphatic hydroxyl groups excluding tert-OH is 1. The van der Waals surface area contributed by atoms with Crippen LogP contribution in [0, 0.1) is 0 Å². The summed E-state index contributed by atoms with van der Waals surface area (Å²) >= 11 is 0. The lowest BCUT2D eigenvalue weighted by atomic mass is 10.0. The molecule has 1 N–H and O–H groups in total. The molecule has 0 amide bonds. The Kier molecular flexibility index (Phi) is 35.7. The van der Waals surface area contributed by atoms with Gasteiger partial charge in [-0.3, -0.25) is 9.59 Å². The fourth-order valence-electron chi connectivity index (χ4n) is 4.93. The molecule has 0 bridgehead atoms. The monoisotopic (exact) mass is 655 g/mol. The second-order valence-corrected chi connectivity index (χ2v) is 12.3. The van der Waals surface area contributed by atoms with Crippen molar-refractivity contribution in [3.8, 4) is 0 Å². The van der Waals surface area contributed by atoms with E-state index < -0.39 is 12.1 Å². The quantitative estimate of drug-likeness (QED) is 0.0433. The molecule has 0 radical (unpaired) electrons. The van der Waals surface area contributed by atoms with Gasteiger partial charge in [0.05, 0.1) is 6.61 Å². The molecule has 1 unspecified atom stereocenters. The molecule has 0 rings (SSSR count). The van der Waals surface area contributed by atoms with Crippen molar-refractivity contribution in [2.75, 3.05) is 13.2 Å². The first-order valence-corrected chi connectivity index (χ1v) is 19.0. The molecule has 5 nitrogen and oxygen atoms in total. The van der Waals surface area contributed by atoms with Crippen LogP contribution in [0.5, 0.6) is 0 Å². The van der Waals surface area contributed by atoms with Gasteiger partial charge < -0.3 is 14.6 Å². The summed E-state index contributed by atoms with van der Waals surface area (Å²) < 4.78 is 10.5. The van der Waals surface area contributed by atoms with E-state index in [9.17, 15) is 14.7 Å². The molecule has 47 heavy (non-hydrogen) atoms. The zero-order valence-corrected chi connectivity index (χ0v) is 30.3. The lowest BCUT2D eigenvalue weighted by Gasteiger charge is -2.15. The SMILES string of the molecule is CC/C=C\C/C=C\C/C=C\C/C=C\C/C=C\C/C=C\CCC(=O)OC(CO)COC(=O)CCCCCCCCCCCCCCCC. The zero-order chi connectivity index (χ0) is 34.3. The number of hydrogen-bond acceptors (Lipinski definition) is 5. The molecule has 0 aromatic rings. The Balaban J connectivity index is 3.72. The molecular formula is C42H70O5. The summed E-state index contributed by atoms with van der Waals surface area (Å²) in [7, 11) is 0. The number of carbonyl (C=O) groups is 2. The van der Waals surface area contributed by atoms with E-state index in [4.69, 9.17) is 9.47 Å². The first-order chi connectivity index (χ1) is 23.1. The van der Waals surface area contributed by atoms with Crippen molar-refractivity contribution in [2.45, 2.75) is 168 Å². The van der Waals surface area contributed by atoms with E-state index >= 15 is 0 Å². The van der Waals surface area contributed by atoms with Crippen LogP contribution in [0.3, 0.4) is 0 Å². The van der Waals surface area contributed by atoms with Crippen molar-refractivity contribution in [3.63, 3.8) is 0 Å². The van der Waals surface area contributed by atoms with E-state index in [1.807, 2.05) is 12.2 Å². The maximum absolute atomic E-state index is 12.1. The molecule has 0 saturated heterocycles. The van der Waals surface area contributed by atoms with E-state index in [-0.39, 0.29) is 25.6 Å². The maximum atomic E-state index is 12.1. The predicted molar refractivity (Wildman–Crippen MR) is 200 cm³/mol. The number of aliphatic hydroxyl groups is 1. The standard InChI is InChI=1S/C42H70O5/c1-3-5-7-9-11-13-15-17-19-20-21-22-23-25-27-29-31-33-35-37-42(45)47-40(38-43)39-46-41(44)36-34-32-30-28-26-24-18-16-14-12-10-8-6-4-2/h5,7,11,13,17,19,21-22,25,27,31,33,40,43H,3-4,6,8-10,12,14-16,18,20,23-24,26,28-30,32,34-39H2,1-2H3/b7-5-,13-11-,19-17-,22-21-,27-25-,33-31-. The molecule has 268 valence electrons. The van der Waals surface area contributed by atoms with Crippen LogP contribution in [0.4, 0.5) is 0 Å². The maximum Gasteiger partial charge on any atom is 0.306 e. The van der Waals surface area contributed by atoms with Crippen molar-refractivity contribution in [2.24, 2.45) is 0 Å². The lowest BCUT2D eigenvalue weighted by Crippen LogP contribution is -2.28. The van der Waals surface area contributed by atoms with E-state index in [2.05, 4.69) is 74.6 Å². The third-order valence-corrected chi connectivity index (χ3v) is 7.78. The van der Waals surface area contributed by atoms with Crippen molar-refractivity contribution >= 4 is 11.9 Å². The van der Waals surface area contributed by atoms with Crippen LogP contribution >= 0.6 is 0 Å². The van der Waals surface area contributed by atoms with Gasteiger partial charge in [0, 0.05) is 12.8 Å². The van der Waals surface area contributed by atoms with Gasteiger partial charge in [-0.15, -0.1) is 0 Å². The second kappa shape index (κ2) is 37.8. The molecule has 0 aliphatic heterocycles. The fraction of sp³-hybridized carbons (Fsp3) is 0.667. The molecule has 0 aliphatic rings. The normalized spacial score (nSPS) is 13.0. The minimum Gasteiger partial charge on any atom is -0.462 e. The first kappa shape index (κ1) is 44.3. The lowest BCUT2D eigenvalue weighted by molar-refractivity contribution is -0.161. The minimum atomic E-state index is -0.812. The molecule has 0 aromatic heterocycles. The van der Waals surface area contributed by atoms with E-state index in [0.29, 0.717) is 12.8 Å². The number of rotatable bonds is 33. The van der Waals surface area contributed by atoms with Crippen molar-refractivity contribution in [1.82, 2.24) is 0 Å². The summed E-state index contributed by atoms with van der Waals surface area (Å²) in [6, 6.07) is 0. The molecule has 0 aromatic carbocycles. The van der Waals surface area contributed by atoms with Gasteiger partial charge in [-0.2, -0.15) is 0 Å². The molecule has 1 atom stereocenters. The number of hydrogen-bond donors (Lipinski definition) is 1. The van der Waals surface area contributed by atoms with Gasteiger partial charge in [0.15, 0.2) is 6.10 Å². The Bertz CT molecular complexity index is 879. The highest BCUT2D eigenvalue weighted by Gasteiger charge is 2.15. The molecule has 0 spiro atoms. The largest absolute Gasteiger partial charge is 0.462 e. The molecule has 0 fully saturated rings. The van der Waals surface area contributed by atoms with Crippen molar-refractivity contribution in [3.05, 3.63) is 72.9 Å². The summed E-state index contributed by atoms with van der Waals surface area (Å²) in [6.45, 7) is 3.95. The summed E-state index contributed by atoms with van der Waals surface area (Å²) in [5, 5.41) is 9.53. The van der Waals surface area contributed by atoms with E-state index in [1.165, 1.54) is 70.6 Å². The van der Waals surface area contributed by atoms with Crippen LogP contribution < -0.4 is 0 Å². The van der Waals surface area contributed by atoms with Crippen molar-refractivity contribution in [1.29, 1.82) is 0 Å². The first-order valence-electron chi connectivity index (χ1n) is 19.0. The van der Waals surface area contributed by atoms with Crippen LogP contribution in [-0.2, 0) is 19.1 Å². The fourth-order valence-corrected chi connectivity index (χ4v) is 4.93. The minimum absolute atomic E-state index is 0.0976. The summed E-state index contributed by atoms with van der Waals surface area (Å²) in [5.41, 5.74) is 0.